The van der Waals surface area contributed by atoms with E-state index in [2.05, 4.69) is 34.4 Å². The molecular weight excluding hydrogens is 264 g/mol. The third kappa shape index (κ3) is 5.34. The van der Waals surface area contributed by atoms with Crippen LogP contribution in [0.3, 0.4) is 0 Å². The van der Waals surface area contributed by atoms with Gasteiger partial charge in [0.05, 0.1) is 0 Å². The number of likely N-dealkylation sites (tertiary alicyclic amines) is 1. The molecule has 0 spiro atoms. The maximum Gasteiger partial charge on any atom is 0.315 e. The molecule has 5 heteroatoms. The van der Waals surface area contributed by atoms with Crippen molar-refractivity contribution >= 4 is 6.03 Å². The topological polar surface area (TPSA) is 57.3 Å². The molecular formula is C16H26N4O. The maximum absolute atomic E-state index is 11.8. The molecule has 1 aromatic rings. The highest BCUT2D eigenvalue weighted by Crippen LogP contribution is 2.17. The van der Waals surface area contributed by atoms with E-state index < -0.39 is 0 Å². The summed E-state index contributed by atoms with van der Waals surface area (Å²) in [6.07, 6.45) is 5.92. The first-order valence-corrected chi connectivity index (χ1v) is 7.80. The summed E-state index contributed by atoms with van der Waals surface area (Å²) in [7, 11) is 0. The number of carbonyl (C=O) groups excluding carboxylic acids is 1. The highest BCUT2D eigenvalue weighted by atomic mass is 16.2. The third-order valence-electron chi connectivity index (χ3n) is 4.01. The summed E-state index contributed by atoms with van der Waals surface area (Å²) >= 11 is 0. The van der Waals surface area contributed by atoms with Gasteiger partial charge in [-0.1, -0.05) is 6.07 Å². The first kappa shape index (κ1) is 15.8. The largest absolute Gasteiger partial charge is 0.338 e. The summed E-state index contributed by atoms with van der Waals surface area (Å²) in [6.45, 7) is 8.00. The lowest BCUT2D eigenvalue weighted by molar-refractivity contribution is 0.139. The zero-order valence-electron chi connectivity index (χ0n) is 13.0. The van der Waals surface area contributed by atoms with E-state index in [4.69, 9.17) is 0 Å². The second kappa shape index (κ2) is 7.98. The molecule has 1 atom stereocenters. The van der Waals surface area contributed by atoms with Crippen LogP contribution in [0.4, 0.5) is 4.79 Å². The van der Waals surface area contributed by atoms with Gasteiger partial charge in [-0.2, -0.15) is 0 Å². The molecule has 2 heterocycles. The quantitative estimate of drug-likeness (QED) is 0.872. The van der Waals surface area contributed by atoms with Gasteiger partial charge in [0.15, 0.2) is 0 Å². The zero-order valence-corrected chi connectivity index (χ0v) is 13.0. The molecule has 0 aromatic carbocycles. The number of nitrogens with zero attached hydrogens (tertiary/aromatic N) is 2. The number of carbonyl (C=O) groups is 1. The van der Waals surface area contributed by atoms with Gasteiger partial charge in [0.2, 0.25) is 0 Å². The molecule has 2 rings (SSSR count). The summed E-state index contributed by atoms with van der Waals surface area (Å²) in [5.41, 5.74) is 1.01. The van der Waals surface area contributed by atoms with Crippen LogP contribution in [0.15, 0.2) is 24.5 Å². The number of nitrogens with one attached hydrogen (secondary N) is 2. The van der Waals surface area contributed by atoms with Gasteiger partial charge in [-0.25, -0.2) is 4.79 Å². The number of rotatable bonds is 5. The van der Waals surface area contributed by atoms with Crippen molar-refractivity contribution in [2.45, 2.75) is 39.3 Å². The lowest BCUT2D eigenvalue weighted by atomic mass is 9.97. The zero-order chi connectivity index (χ0) is 15.1. The number of piperidine rings is 1. The van der Waals surface area contributed by atoms with Gasteiger partial charge in [0.1, 0.15) is 0 Å². The number of amides is 2. The number of pyridine rings is 1. The monoisotopic (exact) mass is 290 g/mol. The first-order valence-electron chi connectivity index (χ1n) is 7.80. The van der Waals surface area contributed by atoms with Crippen molar-refractivity contribution in [3.63, 3.8) is 0 Å². The fourth-order valence-corrected chi connectivity index (χ4v) is 2.72. The molecule has 1 aromatic heterocycles. The lowest BCUT2D eigenvalue weighted by Crippen LogP contribution is -2.45. The fourth-order valence-electron chi connectivity index (χ4n) is 2.72. The summed E-state index contributed by atoms with van der Waals surface area (Å²) in [5, 5.41) is 5.85. The van der Waals surface area contributed by atoms with Crippen LogP contribution in [0, 0.1) is 5.92 Å². The van der Waals surface area contributed by atoms with E-state index in [1.807, 2.05) is 12.1 Å². The van der Waals surface area contributed by atoms with E-state index >= 15 is 0 Å². The number of aromatic nitrogens is 1. The van der Waals surface area contributed by atoms with Crippen LogP contribution in [0.1, 0.15) is 32.3 Å². The van der Waals surface area contributed by atoms with Gasteiger partial charge in [0, 0.05) is 38.1 Å². The number of hydrogen-bond acceptors (Lipinski definition) is 3. The summed E-state index contributed by atoms with van der Waals surface area (Å²) in [6, 6.07) is 4.32. The van der Waals surface area contributed by atoms with Crippen molar-refractivity contribution in [3.05, 3.63) is 30.1 Å². The Morgan fingerprint density at radius 3 is 3.05 bits per heavy atom. The Bertz CT molecular complexity index is 435. The predicted molar refractivity (Wildman–Crippen MR) is 83.9 cm³/mol. The van der Waals surface area contributed by atoms with Gasteiger partial charge in [-0.05, 0) is 50.8 Å². The molecule has 0 bridgehead atoms. The third-order valence-corrected chi connectivity index (χ3v) is 4.01. The van der Waals surface area contributed by atoms with E-state index in [-0.39, 0.29) is 6.03 Å². The van der Waals surface area contributed by atoms with E-state index in [0.29, 0.717) is 18.5 Å². The van der Waals surface area contributed by atoms with E-state index in [1.165, 1.54) is 19.4 Å². The average molecular weight is 290 g/mol. The molecule has 116 valence electrons. The van der Waals surface area contributed by atoms with Crippen molar-refractivity contribution < 1.29 is 4.79 Å². The molecule has 0 saturated carbocycles. The summed E-state index contributed by atoms with van der Waals surface area (Å²) in [4.78, 5) is 18.3. The van der Waals surface area contributed by atoms with Crippen LogP contribution in [0.2, 0.25) is 0 Å². The predicted octanol–water partition coefficient (Wildman–Crippen LogP) is 2.00. The van der Waals surface area contributed by atoms with Crippen molar-refractivity contribution in [2.75, 3.05) is 19.6 Å². The van der Waals surface area contributed by atoms with Gasteiger partial charge in [-0.15, -0.1) is 0 Å². The van der Waals surface area contributed by atoms with Crippen LogP contribution in [0.25, 0.3) is 0 Å². The van der Waals surface area contributed by atoms with Crippen molar-refractivity contribution in [1.82, 2.24) is 20.5 Å². The summed E-state index contributed by atoms with van der Waals surface area (Å²) in [5.74, 6) is 0.560. The van der Waals surface area contributed by atoms with Crippen molar-refractivity contribution in [3.8, 4) is 0 Å². The second-order valence-corrected chi connectivity index (χ2v) is 6.02. The minimum absolute atomic E-state index is 0.0967. The molecule has 2 amide bonds. The van der Waals surface area contributed by atoms with Gasteiger partial charge < -0.3 is 15.5 Å². The molecule has 2 N–H and O–H groups in total. The van der Waals surface area contributed by atoms with Crippen molar-refractivity contribution in [2.24, 2.45) is 5.92 Å². The molecule has 5 nitrogen and oxygen atoms in total. The van der Waals surface area contributed by atoms with E-state index in [9.17, 15) is 4.79 Å². The molecule has 0 unspecified atom stereocenters. The van der Waals surface area contributed by atoms with Gasteiger partial charge in [0.25, 0.3) is 0 Å². The van der Waals surface area contributed by atoms with Crippen LogP contribution < -0.4 is 10.6 Å². The second-order valence-electron chi connectivity index (χ2n) is 6.02. The minimum atomic E-state index is -0.0967. The molecule has 1 aliphatic heterocycles. The lowest BCUT2D eigenvalue weighted by Gasteiger charge is -2.35. The fraction of sp³-hybridized carbons (Fsp3) is 0.625. The molecule has 1 saturated heterocycles. The van der Waals surface area contributed by atoms with Crippen LogP contribution in [-0.4, -0.2) is 41.6 Å². The number of hydrogen-bond donors (Lipinski definition) is 2. The Morgan fingerprint density at radius 2 is 2.33 bits per heavy atom. The maximum atomic E-state index is 11.8. The van der Waals surface area contributed by atoms with Gasteiger partial charge >= 0.3 is 6.03 Å². The normalized spacial score (nSPS) is 19.5. The van der Waals surface area contributed by atoms with Crippen LogP contribution in [0.5, 0.6) is 0 Å². The number of urea groups is 1. The van der Waals surface area contributed by atoms with E-state index in [1.54, 1.807) is 12.4 Å². The molecule has 1 fully saturated rings. The first-order chi connectivity index (χ1) is 10.1. The van der Waals surface area contributed by atoms with Crippen LogP contribution in [-0.2, 0) is 6.54 Å². The standard InChI is InChI=1S/C16H26N4O/c1-13(2)20-8-4-6-15(12-20)11-19-16(21)18-10-14-5-3-7-17-9-14/h3,5,7,9,13,15H,4,6,8,10-12H2,1-2H3,(H2,18,19,21)/t15-/m1/s1. The Morgan fingerprint density at radius 1 is 1.48 bits per heavy atom. The summed E-state index contributed by atoms with van der Waals surface area (Å²) < 4.78 is 0. The highest BCUT2D eigenvalue weighted by Gasteiger charge is 2.21. The average Bonchev–Trinajstić information content (AvgIpc) is 2.52. The molecule has 1 aliphatic rings. The minimum Gasteiger partial charge on any atom is -0.338 e. The van der Waals surface area contributed by atoms with E-state index in [0.717, 1.165) is 18.7 Å². The Balaban J connectivity index is 1.67. The van der Waals surface area contributed by atoms with Gasteiger partial charge in [-0.3, -0.25) is 4.98 Å². The SMILES string of the molecule is CC(C)N1CCC[C@H](CNC(=O)NCc2cccnc2)C1. The highest BCUT2D eigenvalue weighted by molar-refractivity contribution is 5.73. The van der Waals surface area contributed by atoms with Crippen molar-refractivity contribution in [1.29, 1.82) is 0 Å². The molecule has 0 aliphatic carbocycles. The Hall–Kier alpha value is -1.62. The molecule has 0 radical (unpaired) electrons. The molecule has 21 heavy (non-hydrogen) atoms. The van der Waals surface area contributed by atoms with Crippen LogP contribution >= 0.6 is 0 Å². The Labute approximate surface area is 127 Å². The Kier molecular flexibility index (Phi) is 5.99. The smallest absolute Gasteiger partial charge is 0.315 e.